The van der Waals surface area contributed by atoms with Gasteiger partial charge >= 0.3 is 0 Å². The van der Waals surface area contributed by atoms with E-state index in [2.05, 4.69) is 20.8 Å². The van der Waals surface area contributed by atoms with Gasteiger partial charge in [0.15, 0.2) is 5.82 Å². The predicted molar refractivity (Wildman–Crippen MR) is 70.2 cm³/mol. The van der Waals surface area contributed by atoms with Crippen LogP contribution in [0.5, 0.6) is 0 Å². The first-order valence-corrected chi connectivity index (χ1v) is 6.11. The number of anilines is 1. The molecular formula is C13H13N4O3-. The number of carboxylic acids is 1. The molecule has 2 rings (SSSR count). The third-order valence-electron chi connectivity index (χ3n) is 2.65. The maximum absolute atomic E-state index is 11.5. The van der Waals surface area contributed by atoms with E-state index in [0.717, 1.165) is 10.9 Å². The molecule has 7 nitrogen and oxygen atoms in total. The molecule has 0 aliphatic rings. The van der Waals surface area contributed by atoms with E-state index in [9.17, 15) is 14.7 Å². The van der Waals surface area contributed by atoms with Gasteiger partial charge in [-0.2, -0.15) is 0 Å². The molecule has 104 valence electrons. The lowest BCUT2D eigenvalue weighted by Crippen LogP contribution is -2.30. The lowest BCUT2D eigenvalue weighted by molar-refractivity contribution is -0.305. The van der Waals surface area contributed by atoms with Gasteiger partial charge in [-0.15, -0.1) is 0 Å². The number of aromatic nitrogens is 2. The van der Waals surface area contributed by atoms with Gasteiger partial charge in [-0.05, 0) is 25.0 Å². The molecule has 0 spiro atoms. The standard InChI is InChI=1S/C13H14N4O3/c18-11(6-3-7-12(19)20)16-17-13-9-4-1-2-5-10(9)14-8-15-13/h1-2,4-5,8H,3,6-7H2,(H,16,18)(H,19,20)(H,14,15,17)/p-1. The van der Waals surface area contributed by atoms with E-state index in [1.165, 1.54) is 6.33 Å². The van der Waals surface area contributed by atoms with Crippen molar-refractivity contribution < 1.29 is 14.7 Å². The summed E-state index contributed by atoms with van der Waals surface area (Å²) in [5.41, 5.74) is 5.94. The Labute approximate surface area is 115 Å². The van der Waals surface area contributed by atoms with Crippen LogP contribution in [-0.2, 0) is 9.59 Å². The highest BCUT2D eigenvalue weighted by atomic mass is 16.4. The topological polar surface area (TPSA) is 107 Å². The summed E-state index contributed by atoms with van der Waals surface area (Å²) in [5, 5.41) is 11.0. The first kappa shape index (κ1) is 13.7. The number of benzene rings is 1. The SMILES string of the molecule is O=C([O-])CCCC(=O)NNc1ncnc2ccccc12. The molecule has 2 N–H and O–H groups in total. The number of carbonyl (C=O) groups is 2. The number of nitrogens with zero attached hydrogens (tertiary/aromatic N) is 2. The molecule has 0 fully saturated rings. The number of fused-ring (bicyclic) bond motifs is 1. The highest BCUT2D eigenvalue weighted by molar-refractivity contribution is 5.89. The van der Waals surface area contributed by atoms with E-state index in [1.807, 2.05) is 24.3 Å². The maximum Gasteiger partial charge on any atom is 0.238 e. The Morgan fingerprint density at radius 2 is 1.95 bits per heavy atom. The number of aliphatic carboxylic acids is 1. The minimum Gasteiger partial charge on any atom is -0.550 e. The van der Waals surface area contributed by atoms with Gasteiger partial charge in [0.05, 0.1) is 5.52 Å². The summed E-state index contributed by atoms with van der Waals surface area (Å²) in [4.78, 5) is 29.9. The van der Waals surface area contributed by atoms with Crippen LogP contribution in [0.1, 0.15) is 19.3 Å². The number of carboxylic acid groups (broad SMARTS) is 1. The summed E-state index contributed by atoms with van der Waals surface area (Å²) < 4.78 is 0. The number of nitrogens with one attached hydrogen (secondary N) is 2. The Hall–Kier alpha value is -2.70. The molecule has 1 amide bonds. The lowest BCUT2D eigenvalue weighted by Gasteiger charge is -2.09. The van der Waals surface area contributed by atoms with Gasteiger partial charge < -0.3 is 9.90 Å². The number of carbonyl (C=O) groups excluding carboxylic acids is 2. The monoisotopic (exact) mass is 273 g/mol. The Morgan fingerprint density at radius 3 is 2.75 bits per heavy atom. The number of para-hydroxylation sites is 1. The fourth-order valence-electron chi connectivity index (χ4n) is 1.69. The molecule has 1 aromatic carbocycles. The molecule has 0 radical (unpaired) electrons. The van der Waals surface area contributed by atoms with Gasteiger partial charge in [-0.25, -0.2) is 9.97 Å². The van der Waals surface area contributed by atoms with E-state index in [0.29, 0.717) is 5.82 Å². The van der Waals surface area contributed by atoms with Crippen molar-refractivity contribution in [1.82, 2.24) is 15.4 Å². The van der Waals surface area contributed by atoms with Gasteiger partial charge in [-0.1, -0.05) is 12.1 Å². The van der Waals surface area contributed by atoms with Crippen LogP contribution < -0.4 is 16.0 Å². The Kier molecular flexibility index (Phi) is 4.43. The molecule has 0 bridgehead atoms. The van der Waals surface area contributed by atoms with Crippen molar-refractivity contribution in [3.05, 3.63) is 30.6 Å². The van der Waals surface area contributed by atoms with Gasteiger partial charge in [-0.3, -0.25) is 15.6 Å². The fourth-order valence-corrected chi connectivity index (χ4v) is 1.69. The average molecular weight is 273 g/mol. The molecular weight excluding hydrogens is 260 g/mol. The smallest absolute Gasteiger partial charge is 0.238 e. The van der Waals surface area contributed by atoms with Crippen LogP contribution in [0.4, 0.5) is 5.82 Å². The molecule has 20 heavy (non-hydrogen) atoms. The van der Waals surface area contributed by atoms with Crippen molar-refractivity contribution >= 4 is 28.6 Å². The minimum atomic E-state index is -1.16. The second kappa shape index (κ2) is 6.46. The molecule has 0 unspecified atom stereocenters. The summed E-state index contributed by atoms with van der Waals surface area (Å²) in [5.74, 6) is -0.981. The number of hydrogen-bond donors (Lipinski definition) is 2. The summed E-state index contributed by atoms with van der Waals surface area (Å²) >= 11 is 0. The molecule has 7 heteroatoms. The first-order valence-electron chi connectivity index (χ1n) is 6.11. The highest BCUT2D eigenvalue weighted by Gasteiger charge is 2.04. The van der Waals surface area contributed by atoms with Crippen LogP contribution >= 0.6 is 0 Å². The lowest BCUT2D eigenvalue weighted by atomic mass is 10.2. The zero-order chi connectivity index (χ0) is 14.4. The van der Waals surface area contributed by atoms with E-state index >= 15 is 0 Å². The maximum atomic E-state index is 11.5. The van der Waals surface area contributed by atoms with Crippen molar-refractivity contribution in [3.8, 4) is 0 Å². The van der Waals surface area contributed by atoms with Crippen LogP contribution in [0.3, 0.4) is 0 Å². The summed E-state index contributed by atoms with van der Waals surface area (Å²) in [6.07, 6.45) is 1.60. The Balaban J connectivity index is 1.92. The number of hydrazine groups is 1. The van der Waals surface area contributed by atoms with Crippen LogP contribution in [0, 0.1) is 0 Å². The zero-order valence-corrected chi connectivity index (χ0v) is 10.6. The molecule has 1 aromatic heterocycles. The molecule has 0 aliphatic carbocycles. The Morgan fingerprint density at radius 1 is 1.15 bits per heavy atom. The highest BCUT2D eigenvalue weighted by Crippen LogP contribution is 2.17. The number of rotatable bonds is 6. The number of amides is 1. The van der Waals surface area contributed by atoms with Crippen LogP contribution in [0.15, 0.2) is 30.6 Å². The van der Waals surface area contributed by atoms with Gasteiger partial charge in [0, 0.05) is 17.8 Å². The molecule has 0 saturated carbocycles. The predicted octanol–water partition coefficient (Wildman–Crippen LogP) is -0.00690. The van der Waals surface area contributed by atoms with Gasteiger partial charge in [0.2, 0.25) is 5.91 Å². The second-order valence-electron chi connectivity index (χ2n) is 4.14. The van der Waals surface area contributed by atoms with E-state index < -0.39 is 5.97 Å². The quantitative estimate of drug-likeness (QED) is 0.717. The summed E-state index contributed by atoms with van der Waals surface area (Å²) in [7, 11) is 0. The normalized spacial score (nSPS) is 10.2. The van der Waals surface area contributed by atoms with Crippen LogP contribution in [0.2, 0.25) is 0 Å². The second-order valence-corrected chi connectivity index (χ2v) is 4.14. The van der Waals surface area contributed by atoms with Gasteiger partial charge in [0.25, 0.3) is 0 Å². The van der Waals surface area contributed by atoms with Crippen molar-refractivity contribution in [1.29, 1.82) is 0 Å². The van der Waals surface area contributed by atoms with E-state index in [4.69, 9.17) is 0 Å². The van der Waals surface area contributed by atoms with E-state index in [-0.39, 0.29) is 25.2 Å². The zero-order valence-electron chi connectivity index (χ0n) is 10.6. The molecule has 1 heterocycles. The third kappa shape index (κ3) is 3.64. The average Bonchev–Trinajstić information content (AvgIpc) is 2.44. The Bertz CT molecular complexity index is 625. The van der Waals surface area contributed by atoms with E-state index in [1.54, 1.807) is 0 Å². The molecule has 0 atom stereocenters. The van der Waals surface area contributed by atoms with Crippen molar-refractivity contribution in [2.75, 3.05) is 5.43 Å². The first-order chi connectivity index (χ1) is 9.66. The molecule has 2 aromatic rings. The van der Waals surface area contributed by atoms with Gasteiger partial charge in [0.1, 0.15) is 6.33 Å². The summed E-state index contributed by atoms with van der Waals surface area (Å²) in [6, 6.07) is 7.37. The largest absolute Gasteiger partial charge is 0.550 e. The third-order valence-corrected chi connectivity index (χ3v) is 2.65. The van der Waals surface area contributed by atoms with Crippen molar-refractivity contribution in [2.24, 2.45) is 0 Å². The molecule has 0 aliphatic heterocycles. The minimum absolute atomic E-state index is 0.101. The fraction of sp³-hybridized carbons (Fsp3) is 0.231. The summed E-state index contributed by atoms with van der Waals surface area (Å²) in [6.45, 7) is 0. The van der Waals surface area contributed by atoms with Crippen molar-refractivity contribution in [3.63, 3.8) is 0 Å². The van der Waals surface area contributed by atoms with Crippen LogP contribution in [-0.4, -0.2) is 21.8 Å². The van der Waals surface area contributed by atoms with Crippen LogP contribution in [0.25, 0.3) is 10.9 Å². The molecule has 0 saturated heterocycles. The number of hydrogen-bond acceptors (Lipinski definition) is 6. The van der Waals surface area contributed by atoms with Crippen molar-refractivity contribution in [2.45, 2.75) is 19.3 Å².